The third-order valence-corrected chi connectivity index (χ3v) is 6.03. The molecule has 0 saturated heterocycles. The summed E-state index contributed by atoms with van der Waals surface area (Å²) >= 11 is 6.24. The second-order valence-corrected chi connectivity index (χ2v) is 11.0. The average Bonchev–Trinajstić information content (AvgIpc) is 3.15. The first kappa shape index (κ1) is 22.5. The van der Waals surface area contributed by atoms with Crippen molar-refractivity contribution in [1.82, 2.24) is 0 Å². The zero-order valence-corrected chi connectivity index (χ0v) is 20.3. The van der Waals surface area contributed by atoms with Gasteiger partial charge >= 0.3 is 0 Å². The minimum atomic E-state index is 0.141. The number of aryl methyl sites for hydroxylation is 1. The SMILES string of the molecule is C=C1Cc2cc(C(C)(C)C)cc(C)c2N1.C=C1Cc2cc(C(C)(C)C)cc(Cl)c2N1. The smallest absolute Gasteiger partial charge is 0.0646 e. The number of allylic oxidation sites excluding steroid dienone is 2. The lowest BCUT2D eigenvalue weighted by Crippen LogP contribution is -2.11. The zero-order chi connectivity index (χ0) is 22.4. The van der Waals surface area contributed by atoms with Crippen molar-refractivity contribution in [3.8, 4) is 0 Å². The van der Waals surface area contributed by atoms with Gasteiger partial charge in [0.1, 0.15) is 0 Å². The first-order valence-electron chi connectivity index (χ1n) is 10.6. The Hall–Kier alpha value is -2.19. The maximum atomic E-state index is 6.24. The van der Waals surface area contributed by atoms with Crippen molar-refractivity contribution in [1.29, 1.82) is 0 Å². The highest BCUT2D eigenvalue weighted by molar-refractivity contribution is 6.33. The maximum absolute atomic E-state index is 6.24. The van der Waals surface area contributed by atoms with Gasteiger partial charge in [-0.2, -0.15) is 0 Å². The molecule has 2 aromatic carbocycles. The quantitative estimate of drug-likeness (QED) is 0.450. The second kappa shape index (κ2) is 7.81. The van der Waals surface area contributed by atoms with Crippen LogP contribution in [0.5, 0.6) is 0 Å². The summed E-state index contributed by atoms with van der Waals surface area (Å²) in [6.07, 6.45) is 1.86. The van der Waals surface area contributed by atoms with Crippen LogP contribution in [0.1, 0.15) is 69.4 Å². The minimum absolute atomic E-state index is 0.141. The summed E-state index contributed by atoms with van der Waals surface area (Å²) in [6.45, 7) is 23.4. The summed E-state index contributed by atoms with van der Waals surface area (Å²) in [7, 11) is 0. The molecule has 2 aliphatic rings. The van der Waals surface area contributed by atoms with Gasteiger partial charge in [0.25, 0.3) is 0 Å². The van der Waals surface area contributed by atoms with E-state index in [-0.39, 0.29) is 10.8 Å². The van der Waals surface area contributed by atoms with Crippen LogP contribution in [0.25, 0.3) is 0 Å². The Balaban J connectivity index is 0.000000171. The molecule has 0 aliphatic carbocycles. The molecule has 0 radical (unpaired) electrons. The molecule has 0 saturated carbocycles. The van der Waals surface area contributed by atoms with Crippen LogP contribution in [0.3, 0.4) is 0 Å². The average molecular weight is 423 g/mol. The van der Waals surface area contributed by atoms with Gasteiger partial charge < -0.3 is 10.6 Å². The molecule has 0 aromatic heterocycles. The second-order valence-electron chi connectivity index (χ2n) is 10.6. The third kappa shape index (κ3) is 4.75. The number of halogens is 1. The van der Waals surface area contributed by atoms with E-state index < -0.39 is 0 Å². The molecule has 0 amide bonds. The maximum Gasteiger partial charge on any atom is 0.0646 e. The molecule has 160 valence electrons. The van der Waals surface area contributed by atoms with E-state index in [4.69, 9.17) is 11.6 Å². The fourth-order valence-corrected chi connectivity index (χ4v) is 4.18. The highest BCUT2D eigenvalue weighted by Gasteiger charge is 2.22. The first-order valence-corrected chi connectivity index (χ1v) is 11.0. The fourth-order valence-electron chi connectivity index (χ4n) is 3.89. The molecule has 0 unspecified atom stereocenters. The van der Waals surface area contributed by atoms with Crippen LogP contribution < -0.4 is 10.6 Å². The van der Waals surface area contributed by atoms with Gasteiger partial charge in [-0.1, -0.05) is 84.5 Å². The van der Waals surface area contributed by atoms with Gasteiger partial charge in [-0.15, -0.1) is 0 Å². The van der Waals surface area contributed by atoms with Crippen molar-refractivity contribution < 1.29 is 0 Å². The molecule has 4 rings (SSSR count). The van der Waals surface area contributed by atoms with Crippen LogP contribution in [-0.2, 0) is 23.7 Å². The van der Waals surface area contributed by atoms with Crippen LogP contribution >= 0.6 is 11.6 Å². The van der Waals surface area contributed by atoms with Gasteiger partial charge in [0, 0.05) is 29.9 Å². The van der Waals surface area contributed by atoms with Crippen molar-refractivity contribution in [2.75, 3.05) is 10.6 Å². The molecule has 0 fully saturated rings. The lowest BCUT2D eigenvalue weighted by molar-refractivity contribution is 0.589. The van der Waals surface area contributed by atoms with Gasteiger partial charge in [0.05, 0.1) is 10.7 Å². The van der Waals surface area contributed by atoms with E-state index >= 15 is 0 Å². The van der Waals surface area contributed by atoms with E-state index in [2.05, 4.69) is 90.5 Å². The largest absolute Gasteiger partial charge is 0.359 e. The molecule has 0 spiro atoms. The molecule has 30 heavy (non-hydrogen) atoms. The minimum Gasteiger partial charge on any atom is -0.359 e. The Labute approximate surface area is 187 Å². The Kier molecular flexibility index (Phi) is 5.86. The van der Waals surface area contributed by atoms with Crippen molar-refractivity contribution in [2.45, 2.75) is 72.1 Å². The summed E-state index contributed by atoms with van der Waals surface area (Å²) < 4.78 is 0. The first-order chi connectivity index (χ1) is 13.8. The van der Waals surface area contributed by atoms with E-state index in [1.54, 1.807) is 0 Å². The van der Waals surface area contributed by atoms with Crippen molar-refractivity contribution in [3.05, 3.63) is 81.7 Å². The third-order valence-electron chi connectivity index (χ3n) is 5.73. The Morgan fingerprint density at radius 3 is 1.67 bits per heavy atom. The van der Waals surface area contributed by atoms with Crippen LogP contribution in [0.2, 0.25) is 5.02 Å². The molecule has 2 N–H and O–H groups in total. The van der Waals surface area contributed by atoms with Gasteiger partial charge in [0.2, 0.25) is 0 Å². The fraction of sp³-hybridized carbons (Fsp3) is 0.407. The lowest BCUT2D eigenvalue weighted by atomic mass is 9.84. The predicted molar refractivity (Wildman–Crippen MR) is 133 cm³/mol. The van der Waals surface area contributed by atoms with Crippen LogP contribution in [-0.4, -0.2) is 0 Å². The number of hydrogen-bond donors (Lipinski definition) is 2. The van der Waals surface area contributed by atoms with Crippen molar-refractivity contribution in [2.24, 2.45) is 0 Å². The Morgan fingerprint density at radius 2 is 1.17 bits per heavy atom. The van der Waals surface area contributed by atoms with Crippen LogP contribution in [0, 0.1) is 6.92 Å². The van der Waals surface area contributed by atoms with E-state index in [0.29, 0.717) is 0 Å². The highest BCUT2D eigenvalue weighted by atomic mass is 35.5. The Morgan fingerprint density at radius 1 is 0.733 bits per heavy atom. The van der Waals surface area contributed by atoms with Gasteiger partial charge in [-0.3, -0.25) is 0 Å². The van der Waals surface area contributed by atoms with Crippen molar-refractivity contribution in [3.63, 3.8) is 0 Å². The van der Waals surface area contributed by atoms with E-state index in [1.807, 2.05) is 6.07 Å². The predicted octanol–water partition coefficient (Wildman–Crippen LogP) is 7.89. The Bertz CT molecular complexity index is 933. The van der Waals surface area contributed by atoms with E-state index in [1.165, 1.54) is 33.5 Å². The van der Waals surface area contributed by atoms with E-state index in [9.17, 15) is 0 Å². The topological polar surface area (TPSA) is 24.1 Å². The van der Waals surface area contributed by atoms with Gasteiger partial charge in [0.15, 0.2) is 0 Å². The van der Waals surface area contributed by atoms with Gasteiger partial charge in [-0.05, 0) is 51.6 Å². The van der Waals surface area contributed by atoms with Gasteiger partial charge in [-0.25, -0.2) is 0 Å². The zero-order valence-electron chi connectivity index (χ0n) is 19.5. The molecule has 2 aromatic rings. The monoisotopic (exact) mass is 422 g/mol. The highest BCUT2D eigenvalue weighted by Crippen LogP contribution is 2.38. The standard InChI is InChI=1S/C14H19N.C13H16ClN/c1-9-6-12(14(3,4)5)8-11-7-10(2)15-13(9)11;1-8-5-9-6-10(13(2,3)4)7-11(14)12(9)15-8/h6,8,15H,2,7H2,1,3-5H3;6-7,15H,1,5H2,2-4H3. The molecule has 2 heterocycles. The summed E-state index contributed by atoms with van der Waals surface area (Å²) in [5.74, 6) is 0. The summed E-state index contributed by atoms with van der Waals surface area (Å²) in [5.41, 5.74) is 11.5. The summed E-state index contributed by atoms with van der Waals surface area (Å²) in [5, 5.41) is 7.37. The number of fused-ring (bicyclic) bond motifs is 2. The molecule has 2 nitrogen and oxygen atoms in total. The number of hydrogen-bond acceptors (Lipinski definition) is 2. The molecule has 2 aliphatic heterocycles. The molecular formula is C27H35ClN2. The molecule has 3 heteroatoms. The number of benzene rings is 2. The summed E-state index contributed by atoms with van der Waals surface area (Å²) in [6, 6.07) is 8.87. The van der Waals surface area contributed by atoms with E-state index in [0.717, 1.165) is 34.9 Å². The van der Waals surface area contributed by atoms with Crippen LogP contribution in [0.15, 0.2) is 48.8 Å². The normalized spacial score (nSPS) is 15.1. The number of rotatable bonds is 0. The molecule has 0 atom stereocenters. The number of anilines is 2. The molecular weight excluding hydrogens is 388 g/mol. The number of nitrogens with one attached hydrogen (secondary N) is 2. The lowest BCUT2D eigenvalue weighted by Gasteiger charge is -2.21. The molecule has 0 bridgehead atoms. The van der Waals surface area contributed by atoms with Crippen LogP contribution in [0.4, 0.5) is 11.4 Å². The van der Waals surface area contributed by atoms with Crippen molar-refractivity contribution >= 4 is 23.0 Å². The summed E-state index contributed by atoms with van der Waals surface area (Å²) in [4.78, 5) is 0.